The van der Waals surface area contributed by atoms with E-state index in [1.54, 1.807) is 11.1 Å². The number of carbonyl (C=O) groups excluding carboxylic acids is 1. The Hall–Kier alpha value is -2.28. The number of hydrogen-bond acceptors (Lipinski definition) is 6. The smallest absolute Gasteiger partial charge is 0.265 e. The Kier molecular flexibility index (Phi) is 4.72. The monoisotopic (exact) mass is 402 g/mol. The van der Waals surface area contributed by atoms with Crippen LogP contribution in [0.2, 0.25) is 0 Å². The first-order chi connectivity index (χ1) is 13.0. The quantitative estimate of drug-likeness (QED) is 0.780. The third-order valence-electron chi connectivity index (χ3n) is 4.81. The van der Waals surface area contributed by atoms with Crippen LogP contribution in [-0.4, -0.2) is 54.7 Å². The molecule has 27 heavy (non-hydrogen) atoms. The van der Waals surface area contributed by atoms with E-state index in [0.29, 0.717) is 29.4 Å². The van der Waals surface area contributed by atoms with Gasteiger partial charge in [-0.25, -0.2) is 13.4 Å². The lowest BCUT2D eigenvalue weighted by molar-refractivity contribution is 0.0702. The van der Waals surface area contributed by atoms with Crippen molar-refractivity contribution < 1.29 is 13.2 Å². The predicted molar refractivity (Wildman–Crippen MR) is 99.9 cm³/mol. The van der Waals surface area contributed by atoms with Gasteiger partial charge in [0.1, 0.15) is 4.88 Å². The van der Waals surface area contributed by atoms with Gasteiger partial charge in [0.25, 0.3) is 5.91 Å². The van der Waals surface area contributed by atoms with E-state index < -0.39 is 10.0 Å². The molecule has 0 bridgehead atoms. The van der Waals surface area contributed by atoms with Gasteiger partial charge in [-0.3, -0.25) is 4.79 Å². The number of hydrogen-bond donors (Lipinski definition) is 0. The first-order valence-corrected chi connectivity index (χ1v) is 11.0. The van der Waals surface area contributed by atoms with Crippen LogP contribution in [-0.2, 0) is 10.0 Å². The highest BCUT2D eigenvalue weighted by atomic mass is 32.2. The molecule has 1 aromatic heterocycles. The van der Waals surface area contributed by atoms with Crippen molar-refractivity contribution in [3.8, 4) is 6.07 Å². The molecule has 9 heteroatoms. The van der Waals surface area contributed by atoms with Crippen LogP contribution < -0.4 is 0 Å². The SMILES string of the molecule is N#Cc1ccc(S(=O)(=O)N2CCN(C(=O)c3cnc(C4CC4)s3)CC2)cc1. The van der Waals surface area contributed by atoms with E-state index >= 15 is 0 Å². The van der Waals surface area contributed by atoms with E-state index in [1.807, 2.05) is 6.07 Å². The number of piperazine rings is 1. The second-order valence-electron chi connectivity index (χ2n) is 6.67. The van der Waals surface area contributed by atoms with Crippen LogP contribution in [0.25, 0.3) is 0 Å². The maximum Gasteiger partial charge on any atom is 0.265 e. The summed E-state index contributed by atoms with van der Waals surface area (Å²) in [6.07, 6.45) is 3.93. The highest BCUT2D eigenvalue weighted by Gasteiger charge is 2.32. The molecule has 4 rings (SSSR count). The Morgan fingerprint density at radius 3 is 2.41 bits per heavy atom. The Balaban J connectivity index is 1.41. The van der Waals surface area contributed by atoms with Gasteiger partial charge >= 0.3 is 0 Å². The molecule has 2 aliphatic rings. The summed E-state index contributed by atoms with van der Waals surface area (Å²) in [5, 5.41) is 9.87. The van der Waals surface area contributed by atoms with Crippen LogP contribution in [0.15, 0.2) is 35.4 Å². The van der Waals surface area contributed by atoms with Gasteiger partial charge in [-0.2, -0.15) is 9.57 Å². The Morgan fingerprint density at radius 1 is 1.15 bits per heavy atom. The minimum atomic E-state index is -3.62. The fourth-order valence-electron chi connectivity index (χ4n) is 3.04. The number of carbonyl (C=O) groups is 1. The number of nitrogens with zero attached hydrogens (tertiary/aromatic N) is 4. The molecule has 0 spiro atoms. The molecular formula is C18H18N4O3S2. The third kappa shape index (κ3) is 3.60. The molecule has 7 nitrogen and oxygen atoms in total. The lowest BCUT2D eigenvalue weighted by atomic mass is 10.2. The highest BCUT2D eigenvalue weighted by molar-refractivity contribution is 7.89. The summed E-state index contributed by atoms with van der Waals surface area (Å²) in [5.41, 5.74) is 0.416. The lowest BCUT2D eigenvalue weighted by Crippen LogP contribution is -2.50. The Morgan fingerprint density at radius 2 is 1.81 bits per heavy atom. The average Bonchev–Trinajstić information content (AvgIpc) is 3.44. The Labute approximate surface area is 161 Å². The molecule has 0 atom stereocenters. The number of benzene rings is 1. The van der Waals surface area contributed by atoms with Gasteiger partial charge in [-0.1, -0.05) is 0 Å². The number of thiazole rings is 1. The molecule has 1 saturated heterocycles. The summed E-state index contributed by atoms with van der Waals surface area (Å²) in [6.45, 7) is 1.21. The van der Waals surface area contributed by atoms with Crippen molar-refractivity contribution in [2.75, 3.05) is 26.2 Å². The number of sulfonamides is 1. The number of nitriles is 1. The van der Waals surface area contributed by atoms with Gasteiger partial charge in [0.2, 0.25) is 10.0 Å². The van der Waals surface area contributed by atoms with Crippen LogP contribution in [0.4, 0.5) is 0 Å². The maximum absolute atomic E-state index is 12.8. The fraction of sp³-hybridized carbons (Fsp3) is 0.389. The molecule has 0 unspecified atom stereocenters. The van der Waals surface area contributed by atoms with Crippen molar-refractivity contribution in [3.05, 3.63) is 45.9 Å². The van der Waals surface area contributed by atoms with E-state index in [9.17, 15) is 13.2 Å². The van der Waals surface area contributed by atoms with Crippen molar-refractivity contribution in [2.24, 2.45) is 0 Å². The zero-order valence-electron chi connectivity index (χ0n) is 14.5. The minimum absolute atomic E-state index is 0.0742. The summed E-state index contributed by atoms with van der Waals surface area (Å²) >= 11 is 1.45. The normalized spacial score (nSPS) is 18.3. The van der Waals surface area contributed by atoms with E-state index in [2.05, 4.69) is 4.98 Å². The molecule has 0 radical (unpaired) electrons. The number of aromatic nitrogens is 1. The zero-order chi connectivity index (χ0) is 19.0. The molecule has 2 aromatic rings. The van der Waals surface area contributed by atoms with Gasteiger partial charge in [0, 0.05) is 32.1 Å². The number of amides is 1. The highest BCUT2D eigenvalue weighted by Crippen LogP contribution is 2.41. The molecule has 1 aliphatic heterocycles. The molecule has 0 N–H and O–H groups in total. The minimum Gasteiger partial charge on any atom is -0.335 e. The lowest BCUT2D eigenvalue weighted by Gasteiger charge is -2.33. The van der Waals surface area contributed by atoms with Crippen LogP contribution in [0.5, 0.6) is 0 Å². The van der Waals surface area contributed by atoms with E-state index in [1.165, 1.54) is 39.9 Å². The molecule has 1 aromatic carbocycles. The largest absolute Gasteiger partial charge is 0.335 e. The van der Waals surface area contributed by atoms with Crippen LogP contribution in [0.1, 0.15) is 39.0 Å². The maximum atomic E-state index is 12.8. The summed E-state index contributed by atoms with van der Waals surface area (Å²) in [5.74, 6) is 0.445. The van der Waals surface area contributed by atoms with Gasteiger partial charge in [0.15, 0.2) is 0 Å². The topological polar surface area (TPSA) is 94.4 Å². The number of rotatable bonds is 4. The van der Waals surface area contributed by atoms with Crippen LogP contribution in [0, 0.1) is 11.3 Å². The molecule has 1 aliphatic carbocycles. The van der Waals surface area contributed by atoms with Crippen molar-refractivity contribution in [1.29, 1.82) is 5.26 Å². The summed E-state index contributed by atoms with van der Waals surface area (Å²) < 4.78 is 26.9. The van der Waals surface area contributed by atoms with Crippen molar-refractivity contribution in [2.45, 2.75) is 23.7 Å². The summed E-state index contributed by atoms with van der Waals surface area (Å²) in [6, 6.07) is 7.86. The van der Waals surface area contributed by atoms with Crippen molar-refractivity contribution in [1.82, 2.24) is 14.2 Å². The molecule has 140 valence electrons. The first kappa shape index (κ1) is 18.1. The second kappa shape index (κ2) is 7.03. The first-order valence-electron chi connectivity index (χ1n) is 8.74. The zero-order valence-corrected chi connectivity index (χ0v) is 16.2. The van der Waals surface area contributed by atoms with Gasteiger partial charge in [-0.15, -0.1) is 11.3 Å². The molecular weight excluding hydrogens is 384 g/mol. The van der Waals surface area contributed by atoms with E-state index in [4.69, 9.17) is 5.26 Å². The van der Waals surface area contributed by atoms with Gasteiger partial charge in [-0.05, 0) is 37.1 Å². The van der Waals surface area contributed by atoms with Crippen LogP contribution in [0.3, 0.4) is 0 Å². The standard InChI is InChI=1S/C18H18N4O3S2/c19-11-13-1-5-15(6-2-13)27(24,25)22-9-7-21(8-10-22)18(23)16-12-20-17(26-16)14-3-4-14/h1-2,5-6,12,14H,3-4,7-10H2. The fourth-order valence-corrected chi connectivity index (χ4v) is 5.52. The molecule has 2 heterocycles. The molecule has 1 saturated carbocycles. The van der Waals surface area contributed by atoms with Gasteiger partial charge in [0.05, 0.1) is 27.7 Å². The molecule has 2 fully saturated rings. The van der Waals surface area contributed by atoms with Crippen LogP contribution >= 0.6 is 11.3 Å². The second-order valence-corrected chi connectivity index (χ2v) is 9.67. The van der Waals surface area contributed by atoms with E-state index in [0.717, 1.165) is 17.8 Å². The van der Waals surface area contributed by atoms with E-state index in [-0.39, 0.29) is 23.9 Å². The summed E-state index contributed by atoms with van der Waals surface area (Å²) in [7, 11) is -3.62. The molecule has 1 amide bonds. The average molecular weight is 403 g/mol. The summed E-state index contributed by atoms with van der Waals surface area (Å²) in [4.78, 5) is 19.5. The Bertz CT molecular complexity index is 996. The van der Waals surface area contributed by atoms with Crippen molar-refractivity contribution >= 4 is 27.3 Å². The van der Waals surface area contributed by atoms with Gasteiger partial charge < -0.3 is 4.90 Å². The van der Waals surface area contributed by atoms with Crippen molar-refractivity contribution in [3.63, 3.8) is 0 Å². The predicted octanol–water partition coefficient (Wildman–Crippen LogP) is 2.04. The third-order valence-corrected chi connectivity index (χ3v) is 7.87.